The van der Waals surface area contributed by atoms with Crippen molar-refractivity contribution in [3.8, 4) is 27.4 Å². The molecular weight excluding hydrogens is 391 g/mol. The molecule has 4 heterocycles. The molecule has 2 fully saturated rings. The van der Waals surface area contributed by atoms with Crippen molar-refractivity contribution in [1.29, 1.82) is 0 Å². The molecule has 0 amide bonds. The number of hydrogen-bond donors (Lipinski definition) is 2. The molecule has 2 saturated heterocycles. The summed E-state index contributed by atoms with van der Waals surface area (Å²) in [4.78, 5) is 1.92. The average Bonchev–Trinajstić information content (AvgIpc) is 3.44. The van der Waals surface area contributed by atoms with Crippen molar-refractivity contribution in [3.05, 3.63) is 30.6 Å². The van der Waals surface area contributed by atoms with Crippen molar-refractivity contribution in [3.63, 3.8) is 0 Å². The third-order valence-corrected chi connectivity index (χ3v) is 7.08. The number of nitrogens with zero attached hydrogens (tertiary/aromatic N) is 5. The van der Waals surface area contributed by atoms with E-state index in [1.807, 2.05) is 37.3 Å². The van der Waals surface area contributed by atoms with E-state index in [1.54, 1.807) is 16.9 Å². The van der Waals surface area contributed by atoms with Gasteiger partial charge in [-0.15, -0.1) is 10.2 Å². The molecule has 4 atom stereocenters. The summed E-state index contributed by atoms with van der Waals surface area (Å²) >= 11 is 1.37. The number of hydrogen-bond acceptors (Lipinski definition) is 7. The number of alkyl halides is 1. The van der Waals surface area contributed by atoms with Gasteiger partial charge in [-0.25, -0.2) is 4.39 Å². The molecule has 29 heavy (non-hydrogen) atoms. The fraction of sp³-hybridized carbons (Fsp3) is 0.450. The number of piperidine rings is 1. The molecule has 1 aromatic carbocycles. The van der Waals surface area contributed by atoms with Crippen LogP contribution in [0.3, 0.4) is 0 Å². The van der Waals surface area contributed by atoms with Gasteiger partial charge in [-0.2, -0.15) is 5.10 Å². The zero-order valence-electron chi connectivity index (χ0n) is 16.3. The van der Waals surface area contributed by atoms with E-state index in [9.17, 15) is 9.50 Å². The molecule has 0 radical (unpaired) electrons. The van der Waals surface area contributed by atoms with Crippen LogP contribution in [0.4, 0.5) is 9.52 Å². The Morgan fingerprint density at radius 1 is 1.28 bits per heavy atom. The zero-order chi connectivity index (χ0) is 20.1. The minimum Gasteiger partial charge on any atom is -0.507 e. The molecule has 2 N–H and O–H groups in total. The highest BCUT2D eigenvalue weighted by molar-refractivity contribution is 7.18. The van der Waals surface area contributed by atoms with Crippen molar-refractivity contribution < 1.29 is 9.50 Å². The van der Waals surface area contributed by atoms with E-state index >= 15 is 0 Å². The lowest BCUT2D eigenvalue weighted by molar-refractivity contribution is 0.176. The first-order valence-electron chi connectivity index (χ1n) is 9.78. The van der Waals surface area contributed by atoms with Crippen LogP contribution in [0.2, 0.25) is 0 Å². The van der Waals surface area contributed by atoms with Gasteiger partial charge >= 0.3 is 0 Å². The van der Waals surface area contributed by atoms with Crippen molar-refractivity contribution in [2.24, 2.45) is 7.05 Å². The van der Waals surface area contributed by atoms with Crippen LogP contribution in [0.15, 0.2) is 30.6 Å². The Kier molecular flexibility index (Phi) is 4.51. The first kappa shape index (κ1) is 18.5. The number of phenols is 1. The van der Waals surface area contributed by atoms with Gasteiger partial charge in [-0.05, 0) is 37.0 Å². The van der Waals surface area contributed by atoms with Crippen LogP contribution in [0.25, 0.3) is 21.7 Å². The second-order valence-electron chi connectivity index (χ2n) is 7.93. The molecule has 0 saturated carbocycles. The normalized spacial score (nSPS) is 26.0. The lowest BCUT2D eigenvalue weighted by Crippen LogP contribution is -2.55. The van der Waals surface area contributed by atoms with Gasteiger partial charge in [0.25, 0.3) is 0 Å². The Morgan fingerprint density at radius 2 is 2.14 bits per heavy atom. The van der Waals surface area contributed by atoms with Gasteiger partial charge in [0.15, 0.2) is 5.01 Å². The summed E-state index contributed by atoms with van der Waals surface area (Å²) < 4.78 is 16.6. The molecule has 2 bridgehead atoms. The number of halogens is 1. The molecule has 2 aliphatic heterocycles. The van der Waals surface area contributed by atoms with Gasteiger partial charge in [-0.3, -0.25) is 4.68 Å². The third kappa shape index (κ3) is 3.28. The molecule has 5 rings (SSSR count). The lowest BCUT2D eigenvalue weighted by atomic mass is 9.97. The summed E-state index contributed by atoms with van der Waals surface area (Å²) in [5.74, 6) is 0.139. The molecule has 2 aliphatic rings. The predicted octanol–water partition coefficient (Wildman–Crippen LogP) is 2.98. The van der Waals surface area contributed by atoms with Gasteiger partial charge < -0.3 is 15.3 Å². The number of nitrogens with one attached hydrogen (secondary N) is 1. The summed E-state index contributed by atoms with van der Waals surface area (Å²) in [6, 6.07) is 5.60. The molecule has 152 valence electrons. The average molecular weight is 415 g/mol. The van der Waals surface area contributed by atoms with Crippen LogP contribution in [-0.2, 0) is 7.05 Å². The maximum absolute atomic E-state index is 14.9. The first-order valence-corrected chi connectivity index (χ1v) is 10.6. The molecule has 2 aromatic heterocycles. The smallest absolute Gasteiger partial charge is 0.208 e. The Labute approximate surface area is 172 Å². The summed E-state index contributed by atoms with van der Waals surface area (Å²) in [5.41, 5.74) is 2.44. The lowest BCUT2D eigenvalue weighted by Gasteiger charge is -2.38. The largest absolute Gasteiger partial charge is 0.507 e. The van der Waals surface area contributed by atoms with Crippen LogP contribution in [-0.4, -0.2) is 56.4 Å². The van der Waals surface area contributed by atoms with Crippen LogP contribution in [0.5, 0.6) is 5.75 Å². The third-order valence-electron chi connectivity index (χ3n) is 6.03. The SMILES string of the molecule is CN(c1nnc(-c2ccc(-c3cnn(C)c3)cc2O)s1)[C@H]1C[C@@H]2CC[C@@H](N2)[C@H]1F. The molecular formula is C20H23FN6OS. The summed E-state index contributed by atoms with van der Waals surface area (Å²) in [6.07, 6.45) is 5.44. The van der Waals surface area contributed by atoms with E-state index in [-0.39, 0.29) is 17.8 Å². The predicted molar refractivity (Wildman–Crippen MR) is 111 cm³/mol. The number of anilines is 1. The Morgan fingerprint density at radius 3 is 2.90 bits per heavy atom. The van der Waals surface area contributed by atoms with E-state index in [4.69, 9.17) is 0 Å². The number of aryl methyl sites for hydroxylation is 1. The highest BCUT2D eigenvalue weighted by atomic mass is 32.1. The van der Waals surface area contributed by atoms with Crippen LogP contribution < -0.4 is 10.2 Å². The van der Waals surface area contributed by atoms with Gasteiger partial charge in [0.05, 0.1) is 17.8 Å². The fourth-order valence-corrected chi connectivity index (χ4v) is 5.32. The number of rotatable bonds is 4. The first-order chi connectivity index (χ1) is 14.0. The Balaban J connectivity index is 1.38. The second-order valence-corrected chi connectivity index (χ2v) is 8.89. The van der Waals surface area contributed by atoms with Gasteiger partial charge in [-0.1, -0.05) is 17.4 Å². The van der Waals surface area contributed by atoms with Gasteiger partial charge in [0, 0.05) is 37.9 Å². The van der Waals surface area contributed by atoms with Crippen LogP contribution in [0, 0.1) is 0 Å². The van der Waals surface area contributed by atoms with Gasteiger partial charge in [0.1, 0.15) is 11.9 Å². The Hall–Kier alpha value is -2.52. The molecule has 7 nitrogen and oxygen atoms in total. The minimum absolute atomic E-state index is 0.0577. The summed E-state index contributed by atoms with van der Waals surface area (Å²) in [7, 11) is 3.74. The highest BCUT2D eigenvalue weighted by Crippen LogP contribution is 2.39. The highest BCUT2D eigenvalue weighted by Gasteiger charge is 2.44. The molecule has 9 heteroatoms. The fourth-order valence-electron chi connectivity index (χ4n) is 4.42. The molecule has 0 spiro atoms. The number of phenolic OH excluding ortho intramolecular Hbond substituents is 1. The van der Waals surface area contributed by atoms with Crippen molar-refractivity contribution in [1.82, 2.24) is 25.3 Å². The van der Waals surface area contributed by atoms with Crippen LogP contribution in [0.1, 0.15) is 19.3 Å². The van der Waals surface area contributed by atoms with Crippen LogP contribution >= 0.6 is 11.3 Å². The maximum atomic E-state index is 14.9. The quantitative estimate of drug-likeness (QED) is 0.683. The molecule has 3 aromatic rings. The minimum atomic E-state index is -0.918. The van der Waals surface area contributed by atoms with Crippen molar-refractivity contribution in [2.45, 2.75) is 43.6 Å². The van der Waals surface area contributed by atoms with Gasteiger partial charge in [0.2, 0.25) is 5.13 Å². The van der Waals surface area contributed by atoms with E-state index in [0.29, 0.717) is 21.7 Å². The summed E-state index contributed by atoms with van der Waals surface area (Å²) in [6.45, 7) is 0. The number of aromatic nitrogens is 4. The maximum Gasteiger partial charge on any atom is 0.208 e. The van der Waals surface area contributed by atoms with Crippen molar-refractivity contribution >= 4 is 16.5 Å². The summed E-state index contributed by atoms with van der Waals surface area (Å²) in [5, 5.41) is 27.9. The van der Waals surface area contributed by atoms with Crippen molar-refractivity contribution in [2.75, 3.05) is 11.9 Å². The Bertz CT molecular complexity index is 1040. The second kappa shape index (κ2) is 7.07. The number of fused-ring (bicyclic) bond motifs is 2. The molecule has 0 aliphatic carbocycles. The number of benzene rings is 1. The topological polar surface area (TPSA) is 79.1 Å². The number of aromatic hydroxyl groups is 1. The zero-order valence-corrected chi connectivity index (χ0v) is 17.1. The standard InChI is InChI=1S/C20H23FN6OS/c1-26-10-12(9-22-26)11-3-5-14(17(28)7-11)19-24-25-20(29-19)27(2)16-8-13-4-6-15(23-13)18(16)21/h3,5,7,9-10,13,15-16,18,23,28H,4,6,8H2,1-2H3/t13-,15+,16-,18+/m0/s1. The van der Waals surface area contributed by atoms with E-state index in [1.165, 1.54) is 11.3 Å². The molecule has 0 unspecified atom stereocenters. The monoisotopic (exact) mass is 414 g/mol. The van der Waals surface area contributed by atoms with E-state index in [0.717, 1.165) is 30.4 Å². The van der Waals surface area contributed by atoms with E-state index < -0.39 is 6.17 Å². The van der Waals surface area contributed by atoms with E-state index in [2.05, 4.69) is 20.6 Å².